The van der Waals surface area contributed by atoms with Crippen molar-refractivity contribution in [1.29, 1.82) is 0 Å². The van der Waals surface area contributed by atoms with Gasteiger partial charge in [0.2, 0.25) is 0 Å². The van der Waals surface area contributed by atoms with E-state index in [0.717, 1.165) is 36.9 Å². The highest BCUT2D eigenvalue weighted by atomic mass is 16.5. The number of benzene rings is 1. The topological polar surface area (TPSA) is 42.4 Å². The molecule has 0 amide bonds. The standard InChI is InChI=1S/C32H43NO2/c1-30(2,3)22-14-10-13-21(17-22)29-26-27(32(35-29)15-8-9-16-32)25-23(18-31(4,5)19-24(25)34)33-28(26)20-11-6-7-12-20/h10,13-14,17,20,24,29,34H,6-9,11-12,15-16,18-19H2,1-5H3. The number of aliphatic hydroxyl groups excluding tert-OH is 1. The summed E-state index contributed by atoms with van der Waals surface area (Å²) < 4.78 is 7.25. The Kier molecular flexibility index (Phi) is 5.51. The second kappa shape index (κ2) is 8.15. The van der Waals surface area contributed by atoms with Gasteiger partial charge in [-0.3, -0.25) is 4.98 Å². The fraction of sp³-hybridized carbons (Fsp3) is 0.656. The Labute approximate surface area is 211 Å². The lowest BCUT2D eigenvalue weighted by atomic mass is 9.70. The molecule has 4 aliphatic rings. The molecular formula is C32H43NO2. The molecule has 1 spiro atoms. The number of hydrogen-bond donors (Lipinski definition) is 1. The molecule has 6 rings (SSSR count). The van der Waals surface area contributed by atoms with Gasteiger partial charge < -0.3 is 9.84 Å². The molecule has 0 bridgehead atoms. The Morgan fingerprint density at radius 1 is 1.00 bits per heavy atom. The monoisotopic (exact) mass is 473 g/mol. The third-order valence-corrected chi connectivity index (χ3v) is 9.38. The maximum absolute atomic E-state index is 11.6. The van der Waals surface area contributed by atoms with E-state index in [-0.39, 0.29) is 22.5 Å². The van der Waals surface area contributed by atoms with Gasteiger partial charge in [-0.15, -0.1) is 0 Å². The Morgan fingerprint density at radius 3 is 2.40 bits per heavy atom. The number of hydrogen-bond acceptors (Lipinski definition) is 3. The highest BCUT2D eigenvalue weighted by Gasteiger charge is 2.53. The van der Waals surface area contributed by atoms with Gasteiger partial charge in [0.15, 0.2) is 0 Å². The van der Waals surface area contributed by atoms with Crippen LogP contribution in [0, 0.1) is 5.41 Å². The van der Waals surface area contributed by atoms with Gasteiger partial charge in [0, 0.05) is 22.7 Å². The second-order valence-corrected chi connectivity index (χ2v) is 13.8. The van der Waals surface area contributed by atoms with E-state index in [9.17, 15) is 5.11 Å². The second-order valence-electron chi connectivity index (χ2n) is 13.8. The normalized spacial score (nSPS) is 27.4. The number of nitrogens with zero attached hydrogens (tertiary/aromatic N) is 1. The highest BCUT2D eigenvalue weighted by molar-refractivity contribution is 5.55. The third kappa shape index (κ3) is 3.89. The van der Waals surface area contributed by atoms with E-state index in [1.54, 1.807) is 0 Å². The summed E-state index contributed by atoms with van der Waals surface area (Å²) in [6, 6.07) is 9.09. The molecule has 0 radical (unpaired) electrons. The summed E-state index contributed by atoms with van der Waals surface area (Å²) >= 11 is 0. The molecule has 3 aliphatic carbocycles. The first-order valence-electron chi connectivity index (χ1n) is 14.1. The molecule has 1 N–H and O–H groups in total. The van der Waals surface area contributed by atoms with Crippen LogP contribution in [0.15, 0.2) is 24.3 Å². The first kappa shape index (κ1) is 23.7. The van der Waals surface area contributed by atoms with Crippen LogP contribution in [0.3, 0.4) is 0 Å². The molecule has 1 aromatic carbocycles. The molecule has 2 atom stereocenters. The number of rotatable bonds is 2. The van der Waals surface area contributed by atoms with Crippen LogP contribution >= 0.6 is 0 Å². The van der Waals surface area contributed by atoms with Crippen LogP contribution < -0.4 is 0 Å². The van der Waals surface area contributed by atoms with E-state index in [1.165, 1.54) is 66.5 Å². The van der Waals surface area contributed by atoms with E-state index >= 15 is 0 Å². The number of ether oxygens (including phenoxy) is 1. The molecule has 2 saturated carbocycles. The van der Waals surface area contributed by atoms with Crippen LogP contribution in [-0.4, -0.2) is 10.1 Å². The van der Waals surface area contributed by atoms with Crippen molar-refractivity contribution in [3.8, 4) is 0 Å². The summed E-state index contributed by atoms with van der Waals surface area (Å²) in [6.45, 7) is 11.4. The van der Waals surface area contributed by atoms with E-state index in [4.69, 9.17) is 9.72 Å². The minimum atomic E-state index is -0.451. The van der Waals surface area contributed by atoms with Crippen molar-refractivity contribution in [3.63, 3.8) is 0 Å². The Bertz CT molecular complexity index is 1130. The van der Waals surface area contributed by atoms with Crippen LogP contribution in [0.1, 0.15) is 150 Å². The van der Waals surface area contributed by atoms with Crippen LogP contribution in [0.5, 0.6) is 0 Å². The van der Waals surface area contributed by atoms with Crippen molar-refractivity contribution in [2.45, 2.75) is 128 Å². The molecule has 0 saturated heterocycles. The zero-order valence-corrected chi connectivity index (χ0v) is 22.4. The van der Waals surface area contributed by atoms with Crippen molar-refractivity contribution in [2.24, 2.45) is 5.41 Å². The van der Waals surface area contributed by atoms with Crippen molar-refractivity contribution >= 4 is 0 Å². The van der Waals surface area contributed by atoms with Crippen LogP contribution in [-0.2, 0) is 22.2 Å². The predicted molar refractivity (Wildman–Crippen MR) is 141 cm³/mol. The third-order valence-electron chi connectivity index (χ3n) is 9.38. The van der Waals surface area contributed by atoms with Gasteiger partial charge in [-0.05, 0) is 66.0 Å². The summed E-state index contributed by atoms with van der Waals surface area (Å²) in [7, 11) is 0. The smallest absolute Gasteiger partial charge is 0.111 e. The molecule has 35 heavy (non-hydrogen) atoms. The first-order valence-corrected chi connectivity index (χ1v) is 14.1. The van der Waals surface area contributed by atoms with Crippen molar-refractivity contribution in [2.75, 3.05) is 0 Å². The zero-order valence-electron chi connectivity index (χ0n) is 22.4. The highest BCUT2D eigenvalue weighted by Crippen LogP contribution is 2.60. The summed E-state index contributed by atoms with van der Waals surface area (Å²) in [5.41, 5.74) is 8.80. The maximum Gasteiger partial charge on any atom is 0.111 e. The van der Waals surface area contributed by atoms with E-state index in [2.05, 4.69) is 58.9 Å². The summed E-state index contributed by atoms with van der Waals surface area (Å²) in [4.78, 5) is 5.47. The summed E-state index contributed by atoms with van der Waals surface area (Å²) in [5, 5.41) is 11.6. The molecule has 3 nitrogen and oxygen atoms in total. The fourth-order valence-corrected chi connectivity index (χ4v) is 7.66. The van der Waals surface area contributed by atoms with Gasteiger partial charge in [-0.1, -0.05) is 84.6 Å². The number of aromatic nitrogens is 1. The Balaban J connectivity index is 1.61. The van der Waals surface area contributed by atoms with Gasteiger partial charge in [0.25, 0.3) is 0 Å². The molecule has 3 heteroatoms. The lowest BCUT2D eigenvalue weighted by molar-refractivity contribution is -0.0581. The Morgan fingerprint density at radius 2 is 1.71 bits per heavy atom. The maximum atomic E-state index is 11.6. The number of fused-ring (bicyclic) bond motifs is 4. The summed E-state index contributed by atoms with van der Waals surface area (Å²) in [5.74, 6) is 0.518. The van der Waals surface area contributed by atoms with Crippen molar-refractivity contribution in [3.05, 3.63) is 63.5 Å². The Hall–Kier alpha value is -1.71. The van der Waals surface area contributed by atoms with E-state index in [1.807, 2.05) is 0 Å². The van der Waals surface area contributed by atoms with Gasteiger partial charge in [-0.25, -0.2) is 0 Å². The molecular weight excluding hydrogens is 430 g/mol. The van der Waals surface area contributed by atoms with Crippen LogP contribution in [0.25, 0.3) is 0 Å². The molecule has 2 heterocycles. The fourth-order valence-electron chi connectivity index (χ4n) is 7.66. The zero-order chi connectivity index (χ0) is 24.6. The van der Waals surface area contributed by atoms with Crippen LogP contribution in [0.4, 0.5) is 0 Å². The van der Waals surface area contributed by atoms with Crippen LogP contribution in [0.2, 0.25) is 0 Å². The summed E-state index contributed by atoms with van der Waals surface area (Å²) in [6.07, 6.45) is 10.8. The average Bonchev–Trinajstić information content (AvgIpc) is 3.54. The molecule has 188 valence electrons. The van der Waals surface area contributed by atoms with E-state index in [0.29, 0.717) is 5.92 Å². The molecule has 2 aromatic rings. The number of aliphatic hydroxyl groups is 1. The minimum Gasteiger partial charge on any atom is -0.388 e. The van der Waals surface area contributed by atoms with Crippen molar-refractivity contribution in [1.82, 2.24) is 4.98 Å². The van der Waals surface area contributed by atoms with Crippen molar-refractivity contribution < 1.29 is 9.84 Å². The van der Waals surface area contributed by atoms with Gasteiger partial charge in [0.1, 0.15) is 6.10 Å². The lowest BCUT2D eigenvalue weighted by Gasteiger charge is -2.38. The van der Waals surface area contributed by atoms with Gasteiger partial charge >= 0.3 is 0 Å². The lowest BCUT2D eigenvalue weighted by Crippen LogP contribution is -2.32. The first-order chi connectivity index (χ1) is 16.6. The average molecular weight is 474 g/mol. The van der Waals surface area contributed by atoms with Gasteiger partial charge in [-0.2, -0.15) is 0 Å². The van der Waals surface area contributed by atoms with E-state index < -0.39 is 6.10 Å². The molecule has 1 aromatic heterocycles. The SMILES string of the molecule is CC1(C)Cc2nc(C3CCCC3)c3c(c2C(O)C1)C1(CCCC1)OC3c1cccc(C(C)(C)C)c1. The minimum absolute atomic E-state index is 0.0728. The quantitative estimate of drug-likeness (QED) is 0.481. The largest absolute Gasteiger partial charge is 0.388 e. The molecule has 2 fully saturated rings. The molecule has 2 unspecified atom stereocenters. The number of pyridine rings is 1. The van der Waals surface area contributed by atoms with Gasteiger partial charge in [0.05, 0.1) is 17.4 Å². The molecule has 1 aliphatic heterocycles. The predicted octanol–water partition coefficient (Wildman–Crippen LogP) is 7.93.